The number of hydrogen-bond donors (Lipinski definition) is 1. The molecule has 1 amide bonds. The Morgan fingerprint density at radius 1 is 1.07 bits per heavy atom. The minimum atomic E-state index is -3.58. The maximum absolute atomic E-state index is 12.8. The van der Waals surface area contributed by atoms with Crippen LogP contribution in [0.25, 0.3) is 0 Å². The van der Waals surface area contributed by atoms with Gasteiger partial charge in [-0.05, 0) is 56.0 Å². The van der Waals surface area contributed by atoms with Gasteiger partial charge in [-0.25, -0.2) is 13.8 Å². The average molecular weight is 400 g/mol. The molecule has 1 aliphatic heterocycles. The smallest absolute Gasteiger partial charge is 0.267 e. The van der Waals surface area contributed by atoms with Crippen LogP contribution in [0.1, 0.15) is 46.3 Å². The number of amides is 1. The van der Waals surface area contributed by atoms with E-state index in [-0.39, 0.29) is 10.5 Å². The lowest BCUT2D eigenvalue weighted by atomic mass is 10.1. The normalized spacial score (nSPS) is 15.6. The van der Waals surface area contributed by atoms with Gasteiger partial charge >= 0.3 is 0 Å². The summed E-state index contributed by atoms with van der Waals surface area (Å²) in [7, 11) is -3.58. The van der Waals surface area contributed by atoms with Crippen LogP contribution < -0.4 is 5.43 Å². The molecular formula is C21H25N3O3S. The van der Waals surface area contributed by atoms with E-state index in [0.29, 0.717) is 13.1 Å². The summed E-state index contributed by atoms with van der Waals surface area (Å²) in [6.45, 7) is 5.01. The van der Waals surface area contributed by atoms with E-state index in [0.717, 1.165) is 36.0 Å². The van der Waals surface area contributed by atoms with Crippen LogP contribution in [-0.4, -0.2) is 37.9 Å². The molecule has 1 saturated heterocycles. The minimum absolute atomic E-state index is 0.139. The molecule has 1 heterocycles. The summed E-state index contributed by atoms with van der Waals surface area (Å²) in [4.78, 5) is 12.5. The zero-order valence-corrected chi connectivity index (χ0v) is 17.0. The van der Waals surface area contributed by atoms with E-state index < -0.39 is 15.9 Å². The molecule has 2 aromatic rings. The van der Waals surface area contributed by atoms with Gasteiger partial charge in [-0.1, -0.05) is 36.2 Å². The largest absolute Gasteiger partial charge is 0.271 e. The summed E-state index contributed by atoms with van der Waals surface area (Å²) < 4.78 is 27.1. The highest BCUT2D eigenvalue weighted by molar-refractivity contribution is 7.89. The molecule has 0 aromatic heterocycles. The van der Waals surface area contributed by atoms with Crippen molar-refractivity contribution >= 4 is 22.1 Å². The Bertz CT molecular complexity index is 994. The molecule has 3 rings (SSSR count). The summed E-state index contributed by atoms with van der Waals surface area (Å²) >= 11 is 0. The first-order chi connectivity index (χ1) is 13.4. The first-order valence-corrected chi connectivity index (χ1v) is 10.8. The summed E-state index contributed by atoms with van der Waals surface area (Å²) in [5.74, 6) is -0.447. The predicted molar refractivity (Wildman–Crippen MR) is 110 cm³/mol. The second-order valence-electron chi connectivity index (χ2n) is 7.05. The zero-order valence-electron chi connectivity index (χ0n) is 16.2. The van der Waals surface area contributed by atoms with Crippen molar-refractivity contribution < 1.29 is 13.2 Å². The number of hydrazone groups is 1. The van der Waals surface area contributed by atoms with Gasteiger partial charge in [0.15, 0.2) is 0 Å². The van der Waals surface area contributed by atoms with E-state index in [1.54, 1.807) is 18.3 Å². The number of benzene rings is 2. The summed E-state index contributed by atoms with van der Waals surface area (Å²) in [6.07, 6.45) is 4.38. The molecule has 28 heavy (non-hydrogen) atoms. The van der Waals surface area contributed by atoms with Crippen molar-refractivity contribution in [3.8, 4) is 0 Å². The van der Waals surface area contributed by atoms with Crippen LogP contribution >= 0.6 is 0 Å². The molecule has 1 fully saturated rings. The monoisotopic (exact) mass is 399 g/mol. The van der Waals surface area contributed by atoms with Gasteiger partial charge in [-0.3, -0.25) is 4.79 Å². The Morgan fingerprint density at radius 2 is 1.82 bits per heavy atom. The fourth-order valence-electron chi connectivity index (χ4n) is 3.18. The van der Waals surface area contributed by atoms with E-state index in [4.69, 9.17) is 0 Å². The number of nitrogens with one attached hydrogen (secondary N) is 1. The van der Waals surface area contributed by atoms with Crippen LogP contribution in [0.3, 0.4) is 0 Å². The number of hydrogen-bond acceptors (Lipinski definition) is 4. The Labute approximate surface area is 166 Å². The number of nitrogens with zero attached hydrogens (tertiary/aromatic N) is 2. The highest BCUT2D eigenvalue weighted by Crippen LogP contribution is 2.21. The molecule has 0 bridgehead atoms. The fraction of sp³-hybridized carbons (Fsp3) is 0.333. The van der Waals surface area contributed by atoms with Crippen molar-refractivity contribution in [3.05, 3.63) is 64.7 Å². The van der Waals surface area contributed by atoms with E-state index in [1.807, 2.05) is 32.0 Å². The number of carbonyl (C=O) groups excluding carboxylic acids is 1. The first-order valence-electron chi connectivity index (χ1n) is 9.39. The fourth-order valence-corrected chi connectivity index (χ4v) is 4.74. The Kier molecular flexibility index (Phi) is 6.26. The lowest BCUT2D eigenvalue weighted by Crippen LogP contribution is -2.35. The van der Waals surface area contributed by atoms with Crippen molar-refractivity contribution in [2.24, 2.45) is 5.10 Å². The molecule has 0 atom stereocenters. The number of sulfonamides is 1. The maximum atomic E-state index is 12.8. The van der Waals surface area contributed by atoms with Gasteiger partial charge in [0.25, 0.3) is 5.91 Å². The number of aryl methyl sites for hydroxylation is 2. The third-order valence-electron chi connectivity index (χ3n) is 4.85. The van der Waals surface area contributed by atoms with E-state index >= 15 is 0 Å². The second-order valence-corrected chi connectivity index (χ2v) is 8.99. The highest BCUT2D eigenvalue weighted by atomic mass is 32.2. The Morgan fingerprint density at radius 3 is 2.57 bits per heavy atom. The van der Waals surface area contributed by atoms with Crippen LogP contribution in [0.15, 0.2) is 52.5 Å². The molecule has 0 spiro atoms. The molecule has 0 saturated carbocycles. The quantitative estimate of drug-likeness (QED) is 0.619. The number of piperidine rings is 1. The van der Waals surface area contributed by atoms with Crippen molar-refractivity contribution in [3.63, 3.8) is 0 Å². The third kappa shape index (κ3) is 4.66. The molecule has 1 aliphatic rings. The second kappa shape index (κ2) is 8.67. The van der Waals surface area contributed by atoms with Crippen molar-refractivity contribution in [1.82, 2.24) is 9.73 Å². The summed E-state index contributed by atoms with van der Waals surface area (Å²) in [5, 5.41) is 4.02. The van der Waals surface area contributed by atoms with Crippen LogP contribution in [0, 0.1) is 13.8 Å². The molecule has 0 radical (unpaired) electrons. The van der Waals surface area contributed by atoms with Crippen molar-refractivity contribution in [2.45, 2.75) is 38.0 Å². The van der Waals surface area contributed by atoms with Crippen LogP contribution in [0.4, 0.5) is 0 Å². The first kappa shape index (κ1) is 20.2. The molecule has 1 N–H and O–H groups in total. The van der Waals surface area contributed by atoms with Gasteiger partial charge in [0.2, 0.25) is 10.0 Å². The van der Waals surface area contributed by atoms with Crippen LogP contribution in [-0.2, 0) is 10.0 Å². The van der Waals surface area contributed by atoms with Gasteiger partial charge in [-0.2, -0.15) is 9.41 Å². The Hall–Kier alpha value is -2.51. The Balaban J connectivity index is 1.73. The summed E-state index contributed by atoms with van der Waals surface area (Å²) in [5.41, 5.74) is 5.81. The molecule has 2 aromatic carbocycles. The molecule has 148 valence electrons. The lowest BCUT2D eigenvalue weighted by Gasteiger charge is -2.25. The number of carbonyl (C=O) groups is 1. The standard InChI is InChI=1S/C21H25N3O3S/c1-16-9-10-17(2)19(13-16)15-22-23-21(25)18-7-6-8-20(14-18)28(26,27)24-11-4-3-5-12-24/h6-10,13-15H,3-5,11-12H2,1-2H3,(H,23,25). The molecule has 6 nitrogen and oxygen atoms in total. The molecule has 7 heteroatoms. The van der Waals surface area contributed by atoms with Gasteiger partial charge < -0.3 is 0 Å². The van der Waals surface area contributed by atoms with Gasteiger partial charge in [-0.15, -0.1) is 0 Å². The zero-order chi connectivity index (χ0) is 20.1. The molecular weight excluding hydrogens is 374 g/mol. The van der Waals surface area contributed by atoms with E-state index in [2.05, 4.69) is 10.5 Å². The van der Waals surface area contributed by atoms with E-state index in [1.165, 1.54) is 16.4 Å². The van der Waals surface area contributed by atoms with Crippen molar-refractivity contribution in [1.29, 1.82) is 0 Å². The van der Waals surface area contributed by atoms with Gasteiger partial charge in [0.1, 0.15) is 0 Å². The van der Waals surface area contributed by atoms with Crippen LogP contribution in [0.2, 0.25) is 0 Å². The topological polar surface area (TPSA) is 78.8 Å². The minimum Gasteiger partial charge on any atom is -0.267 e. The highest BCUT2D eigenvalue weighted by Gasteiger charge is 2.26. The third-order valence-corrected chi connectivity index (χ3v) is 6.75. The summed E-state index contributed by atoms with van der Waals surface area (Å²) in [6, 6.07) is 12.1. The van der Waals surface area contributed by atoms with Gasteiger partial charge in [0.05, 0.1) is 11.1 Å². The lowest BCUT2D eigenvalue weighted by molar-refractivity contribution is 0.0955. The van der Waals surface area contributed by atoms with Gasteiger partial charge in [0, 0.05) is 18.7 Å². The SMILES string of the molecule is Cc1ccc(C)c(C=NNC(=O)c2cccc(S(=O)(=O)N3CCCCC3)c2)c1. The predicted octanol–water partition coefficient (Wildman–Crippen LogP) is 3.24. The molecule has 0 aliphatic carbocycles. The van der Waals surface area contributed by atoms with Crippen molar-refractivity contribution in [2.75, 3.05) is 13.1 Å². The number of rotatable bonds is 5. The maximum Gasteiger partial charge on any atom is 0.271 e. The molecule has 0 unspecified atom stereocenters. The van der Waals surface area contributed by atoms with Crippen LogP contribution in [0.5, 0.6) is 0 Å². The average Bonchev–Trinajstić information content (AvgIpc) is 2.71. The van der Waals surface area contributed by atoms with E-state index in [9.17, 15) is 13.2 Å².